The SMILES string of the molecule is COC(=O)c1ccc(C)c(NC(=O)C2CCN(Cc3ccccc3C)CC2)c1. The van der Waals surface area contributed by atoms with Crippen molar-refractivity contribution in [3.8, 4) is 0 Å². The number of anilines is 1. The molecule has 0 radical (unpaired) electrons. The smallest absolute Gasteiger partial charge is 0.337 e. The van der Waals surface area contributed by atoms with Gasteiger partial charge in [0.2, 0.25) is 5.91 Å². The summed E-state index contributed by atoms with van der Waals surface area (Å²) in [5, 5.41) is 3.01. The standard InChI is InChI=1S/C23H28N2O3/c1-16-6-4-5-7-20(16)15-25-12-10-18(11-13-25)22(26)24-21-14-19(23(27)28-3)9-8-17(21)2/h4-9,14,18H,10-13,15H2,1-3H3,(H,24,26). The molecule has 1 heterocycles. The van der Waals surface area contributed by atoms with Crippen LogP contribution in [0.3, 0.4) is 0 Å². The summed E-state index contributed by atoms with van der Waals surface area (Å²) in [4.78, 5) is 26.9. The third kappa shape index (κ3) is 4.78. The highest BCUT2D eigenvalue weighted by molar-refractivity contribution is 5.96. The van der Waals surface area contributed by atoms with Crippen molar-refractivity contribution in [1.29, 1.82) is 0 Å². The van der Waals surface area contributed by atoms with Gasteiger partial charge in [-0.05, 0) is 68.6 Å². The first kappa shape index (κ1) is 20.1. The van der Waals surface area contributed by atoms with Crippen molar-refractivity contribution in [2.45, 2.75) is 33.2 Å². The average Bonchev–Trinajstić information content (AvgIpc) is 2.71. The van der Waals surface area contributed by atoms with Crippen molar-refractivity contribution in [1.82, 2.24) is 4.90 Å². The fourth-order valence-corrected chi connectivity index (χ4v) is 3.62. The lowest BCUT2D eigenvalue weighted by molar-refractivity contribution is -0.121. The van der Waals surface area contributed by atoms with Crippen molar-refractivity contribution in [3.05, 3.63) is 64.7 Å². The van der Waals surface area contributed by atoms with Crippen LogP contribution in [0.25, 0.3) is 0 Å². The number of amides is 1. The zero-order valence-corrected chi connectivity index (χ0v) is 16.8. The molecule has 148 valence electrons. The van der Waals surface area contributed by atoms with Crippen LogP contribution >= 0.6 is 0 Å². The molecule has 5 heteroatoms. The van der Waals surface area contributed by atoms with Crippen molar-refractivity contribution in [3.63, 3.8) is 0 Å². The second-order valence-corrected chi connectivity index (χ2v) is 7.49. The molecule has 1 amide bonds. The molecule has 1 aliphatic heterocycles. The summed E-state index contributed by atoms with van der Waals surface area (Å²) in [6.45, 7) is 6.81. The molecular formula is C23H28N2O3. The molecule has 2 aromatic rings. The molecule has 0 atom stereocenters. The van der Waals surface area contributed by atoms with Crippen LogP contribution in [-0.2, 0) is 16.1 Å². The molecule has 0 aromatic heterocycles. The normalized spacial score (nSPS) is 15.2. The van der Waals surface area contributed by atoms with E-state index in [2.05, 4.69) is 41.4 Å². The summed E-state index contributed by atoms with van der Waals surface area (Å²) in [6, 6.07) is 13.7. The summed E-state index contributed by atoms with van der Waals surface area (Å²) >= 11 is 0. The maximum absolute atomic E-state index is 12.7. The molecule has 5 nitrogen and oxygen atoms in total. The highest BCUT2D eigenvalue weighted by Crippen LogP contribution is 2.24. The number of carbonyl (C=O) groups excluding carboxylic acids is 2. The maximum atomic E-state index is 12.7. The number of benzene rings is 2. The Morgan fingerprint density at radius 1 is 1.07 bits per heavy atom. The molecule has 3 rings (SSSR count). The Kier molecular flexibility index (Phi) is 6.47. The molecule has 28 heavy (non-hydrogen) atoms. The van der Waals surface area contributed by atoms with Gasteiger partial charge in [-0.2, -0.15) is 0 Å². The van der Waals surface area contributed by atoms with Crippen LogP contribution in [0.1, 0.15) is 39.9 Å². The zero-order chi connectivity index (χ0) is 20.1. The first-order valence-corrected chi connectivity index (χ1v) is 9.74. The monoisotopic (exact) mass is 380 g/mol. The van der Waals surface area contributed by atoms with Gasteiger partial charge in [0.15, 0.2) is 0 Å². The first-order valence-electron chi connectivity index (χ1n) is 9.74. The van der Waals surface area contributed by atoms with Crippen molar-refractivity contribution < 1.29 is 14.3 Å². The van der Waals surface area contributed by atoms with E-state index in [1.54, 1.807) is 12.1 Å². The molecule has 0 unspecified atom stereocenters. The Balaban J connectivity index is 1.57. The minimum absolute atomic E-state index is 0.00527. The first-order chi connectivity index (χ1) is 13.5. The molecule has 0 saturated carbocycles. The van der Waals surface area contributed by atoms with Gasteiger partial charge in [0.25, 0.3) is 0 Å². The minimum Gasteiger partial charge on any atom is -0.465 e. The van der Waals surface area contributed by atoms with E-state index in [-0.39, 0.29) is 11.8 Å². The summed E-state index contributed by atoms with van der Waals surface area (Å²) in [5.41, 5.74) is 4.70. The van der Waals surface area contributed by atoms with Crippen LogP contribution in [-0.4, -0.2) is 37.0 Å². The van der Waals surface area contributed by atoms with Gasteiger partial charge in [-0.25, -0.2) is 4.79 Å². The Labute approximate surface area is 166 Å². The number of nitrogens with zero attached hydrogens (tertiary/aromatic N) is 1. The van der Waals surface area contributed by atoms with Gasteiger partial charge in [-0.1, -0.05) is 30.3 Å². The summed E-state index contributed by atoms with van der Waals surface area (Å²) in [7, 11) is 1.35. The van der Waals surface area contributed by atoms with Crippen LogP contribution in [0, 0.1) is 19.8 Å². The summed E-state index contributed by atoms with van der Waals surface area (Å²) in [6.07, 6.45) is 1.68. The van der Waals surface area contributed by atoms with Crippen molar-refractivity contribution >= 4 is 17.6 Å². The molecule has 2 aromatic carbocycles. The predicted molar refractivity (Wildman–Crippen MR) is 110 cm³/mol. The molecular weight excluding hydrogens is 352 g/mol. The second-order valence-electron chi connectivity index (χ2n) is 7.49. The third-order valence-corrected chi connectivity index (χ3v) is 5.53. The van der Waals surface area contributed by atoms with E-state index in [1.165, 1.54) is 18.2 Å². The minimum atomic E-state index is -0.403. The Hall–Kier alpha value is -2.66. The van der Waals surface area contributed by atoms with E-state index in [9.17, 15) is 9.59 Å². The number of carbonyl (C=O) groups is 2. The molecule has 1 fully saturated rings. The Morgan fingerprint density at radius 2 is 1.79 bits per heavy atom. The number of rotatable bonds is 5. The van der Waals surface area contributed by atoms with E-state index < -0.39 is 5.97 Å². The van der Waals surface area contributed by atoms with Gasteiger partial charge in [0, 0.05) is 18.2 Å². The highest BCUT2D eigenvalue weighted by atomic mass is 16.5. The van der Waals surface area contributed by atoms with Crippen molar-refractivity contribution in [2.75, 3.05) is 25.5 Å². The molecule has 1 aliphatic rings. The van der Waals surface area contributed by atoms with Gasteiger partial charge < -0.3 is 10.1 Å². The predicted octanol–water partition coefficient (Wildman–Crippen LogP) is 3.94. The lowest BCUT2D eigenvalue weighted by atomic mass is 9.95. The van der Waals surface area contributed by atoms with E-state index >= 15 is 0 Å². The van der Waals surface area contributed by atoms with Crippen LogP contribution in [0.15, 0.2) is 42.5 Å². The quantitative estimate of drug-likeness (QED) is 0.798. The molecule has 0 bridgehead atoms. The Morgan fingerprint density at radius 3 is 2.46 bits per heavy atom. The summed E-state index contributed by atoms with van der Waals surface area (Å²) in [5.74, 6) is -0.380. The zero-order valence-electron chi connectivity index (χ0n) is 16.8. The fraction of sp³-hybridized carbons (Fsp3) is 0.391. The lowest BCUT2D eigenvalue weighted by Crippen LogP contribution is -2.38. The number of hydrogen-bond acceptors (Lipinski definition) is 4. The van der Waals surface area contributed by atoms with E-state index in [0.717, 1.165) is 38.0 Å². The summed E-state index contributed by atoms with van der Waals surface area (Å²) < 4.78 is 4.76. The number of likely N-dealkylation sites (tertiary alicyclic amines) is 1. The number of methoxy groups -OCH3 is 1. The average molecular weight is 380 g/mol. The number of hydrogen-bond donors (Lipinski definition) is 1. The van der Waals surface area contributed by atoms with E-state index in [0.29, 0.717) is 11.3 Å². The van der Waals surface area contributed by atoms with Gasteiger partial charge >= 0.3 is 5.97 Å². The fourth-order valence-electron chi connectivity index (χ4n) is 3.62. The van der Waals surface area contributed by atoms with Crippen LogP contribution < -0.4 is 5.32 Å². The van der Waals surface area contributed by atoms with Gasteiger partial charge in [-0.3, -0.25) is 9.69 Å². The number of nitrogens with one attached hydrogen (secondary N) is 1. The maximum Gasteiger partial charge on any atom is 0.337 e. The van der Waals surface area contributed by atoms with Gasteiger partial charge in [0.1, 0.15) is 0 Å². The van der Waals surface area contributed by atoms with Crippen LogP contribution in [0.4, 0.5) is 5.69 Å². The molecule has 0 aliphatic carbocycles. The van der Waals surface area contributed by atoms with E-state index in [4.69, 9.17) is 4.74 Å². The highest BCUT2D eigenvalue weighted by Gasteiger charge is 2.25. The second kappa shape index (κ2) is 9.02. The number of esters is 1. The van der Waals surface area contributed by atoms with Crippen LogP contribution in [0.2, 0.25) is 0 Å². The number of ether oxygens (including phenoxy) is 1. The van der Waals surface area contributed by atoms with Gasteiger partial charge in [0.05, 0.1) is 12.7 Å². The van der Waals surface area contributed by atoms with Gasteiger partial charge in [-0.15, -0.1) is 0 Å². The largest absolute Gasteiger partial charge is 0.465 e. The number of aryl methyl sites for hydroxylation is 2. The van der Waals surface area contributed by atoms with Crippen molar-refractivity contribution in [2.24, 2.45) is 5.92 Å². The third-order valence-electron chi connectivity index (χ3n) is 5.53. The lowest BCUT2D eigenvalue weighted by Gasteiger charge is -2.31. The molecule has 1 N–H and O–H groups in total. The number of piperidine rings is 1. The van der Waals surface area contributed by atoms with E-state index in [1.807, 2.05) is 13.0 Å². The molecule has 1 saturated heterocycles. The topological polar surface area (TPSA) is 58.6 Å². The van der Waals surface area contributed by atoms with Crippen LogP contribution in [0.5, 0.6) is 0 Å². The Bertz CT molecular complexity index is 855. The molecule has 0 spiro atoms.